The average Bonchev–Trinajstić information content (AvgIpc) is 3.25. The number of nitrogens with zero attached hydrogens (tertiary/aromatic N) is 2. The first kappa shape index (κ1) is 23.7. The molecule has 1 aliphatic rings. The van der Waals surface area contributed by atoms with Gasteiger partial charge in [0.25, 0.3) is 0 Å². The summed E-state index contributed by atoms with van der Waals surface area (Å²) in [5.41, 5.74) is -0.501. The summed E-state index contributed by atoms with van der Waals surface area (Å²) in [7, 11) is 0. The highest BCUT2D eigenvalue weighted by Crippen LogP contribution is 2.24. The number of rotatable bonds is 7. The minimum atomic E-state index is -0.501. The fourth-order valence-electron chi connectivity index (χ4n) is 3.00. The second-order valence-electron chi connectivity index (χ2n) is 7.44. The molecule has 0 aliphatic carbocycles. The minimum absolute atomic E-state index is 0. The first-order valence-corrected chi connectivity index (χ1v) is 9.40. The zero-order chi connectivity index (χ0) is 19.0. The van der Waals surface area contributed by atoms with E-state index in [0.717, 1.165) is 25.4 Å². The number of likely N-dealkylation sites (tertiary alicyclic amines) is 1. The van der Waals surface area contributed by atoms with Crippen LogP contribution in [-0.2, 0) is 9.53 Å². The smallest absolute Gasteiger partial charge is 0.328 e. The summed E-state index contributed by atoms with van der Waals surface area (Å²) in [4.78, 5) is 18.7. The fourth-order valence-corrected chi connectivity index (χ4v) is 3.00. The van der Waals surface area contributed by atoms with E-state index >= 15 is 0 Å². The van der Waals surface area contributed by atoms with Crippen molar-refractivity contribution in [2.24, 2.45) is 4.99 Å². The van der Waals surface area contributed by atoms with Crippen LogP contribution in [0, 0.1) is 0 Å². The molecule has 154 valence electrons. The van der Waals surface area contributed by atoms with Crippen LogP contribution in [0.3, 0.4) is 0 Å². The Balaban J connectivity index is 0.00000364. The van der Waals surface area contributed by atoms with E-state index in [1.54, 1.807) is 6.26 Å². The first-order chi connectivity index (χ1) is 12.4. The van der Waals surface area contributed by atoms with Crippen molar-refractivity contribution in [3.8, 4) is 0 Å². The summed E-state index contributed by atoms with van der Waals surface area (Å²) < 4.78 is 10.9. The third kappa shape index (κ3) is 8.50. The highest BCUT2D eigenvalue weighted by Gasteiger charge is 2.25. The van der Waals surface area contributed by atoms with Crippen molar-refractivity contribution in [3.63, 3.8) is 0 Å². The van der Waals surface area contributed by atoms with E-state index < -0.39 is 5.60 Å². The van der Waals surface area contributed by atoms with Crippen molar-refractivity contribution in [1.29, 1.82) is 0 Å². The van der Waals surface area contributed by atoms with Gasteiger partial charge in [0.1, 0.15) is 17.9 Å². The monoisotopic (exact) mass is 492 g/mol. The van der Waals surface area contributed by atoms with E-state index in [2.05, 4.69) is 20.5 Å². The van der Waals surface area contributed by atoms with Crippen LogP contribution in [0.15, 0.2) is 27.8 Å². The highest BCUT2D eigenvalue weighted by atomic mass is 127. The number of halogens is 1. The topological polar surface area (TPSA) is 79.1 Å². The summed E-state index contributed by atoms with van der Waals surface area (Å²) in [6.07, 6.45) is 4.13. The summed E-state index contributed by atoms with van der Waals surface area (Å²) in [5.74, 6) is 1.22. The number of nitrogens with one attached hydrogen (secondary N) is 2. The molecule has 1 fully saturated rings. The molecule has 1 atom stereocenters. The molecule has 2 N–H and O–H groups in total. The number of hydrogen-bond donors (Lipinski definition) is 2. The van der Waals surface area contributed by atoms with Gasteiger partial charge < -0.3 is 19.8 Å². The zero-order valence-electron chi connectivity index (χ0n) is 16.8. The predicted octanol–water partition coefficient (Wildman–Crippen LogP) is 2.93. The van der Waals surface area contributed by atoms with Gasteiger partial charge in [0.15, 0.2) is 5.96 Å². The van der Waals surface area contributed by atoms with Crippen LogP contribution in [0.5, 0.6) is 0 Å². The molecule has 7 nitrogen and oxygen atoms in total. The maximum Gasteiger partial charge on any atom is 0.328 e. The quantitative estimate of drug-likeness (QED) is 0.264. The summed E-state index contributed by atoms with van der Waals surface area (Å²) in [6, 6.07) is 4.08. The molecule has 1 aromatic heterocycles. The van der Waals surface area contributed by atoms with E-state index in [1.165, 1.54) is 12.8 Å². The summed E-state index contributed by atoms with van der Waals surface area (Å²) in [6.45, 7) is 11.0. The van der Waals surface area contributed by atoms with Crippen molar-refractivity contribution in [2.75, 3.05) is 32.7 Å². The number of esters is 1. The van der Waals surface area contributed by atoms with Gasteiger partial charge in [-0.3, -0.25) is 9.69 Å². The molecule has 8 heteroatoms. The molecule has 0 radical (unpaired) electrons. The number of hydrogen-bond acceptors (Lipinski definition) is 5. The third-order valence-electron chi connectivity index (χ3n) is 4.05. The van der Waals surface area contributed by atoms with Gasteiger partial charge in [0, 0.05) is 13.1 Å². The number of furan rings is 1. The van der Waals surface area contributed by atoms with Gasteiger partial charge >= 0.3 is 5.97 Å². The lowest BCUT2D eigenvalue weighted by atomic mass is 10.2. The molecule has 0 saturated carbocycles. The van der Waals surface area contributed by atoms with Crippen LogP contribution in [0.1, 0.15) is 52.3 Å². The highest BCUT2D eigenvalue weighted by molar-refractivity contribution is 14.0. The molecule has 0 bridgehead atoms. The Hall–Kier alpha value is -1.29. The van der Waals surface area contributed by atoms with Crippen LogP contribution in [0.4, 0.5) is 0 Å². The van der Waals surface area contributed by atoms with Crippen LogP contribution < -0.4 is 10.6 Å². The predicted molar refractivity (Wildman–Crippen MR) is 117 cm³/mol. The van der Waals surface area contributed by atoms with E-state index in [4.69, 9.17) is 9.15 Å². The van der Waals surface area contributed by atoms with Gasteiger partial charge in [-0.1, -0.05) is 0 Å². The normalized spacial score (nSPS) is 16.5. The molecule has 0 amide bonds. The molecule has 1 unspecified atom stereocenters. The van der Waals surface area contributed by atoms with Crippen LogP contribution in [0.25, 0.3) is 0 Å². The standard InChI is InChI=1S/C19H32N4O3.HI/c1-5-20-18(22-14-17(24)26-19(2,3)4)21-13-15(16-9-8-12-25-16)23-10-6-7-11-23;/h8-9,12,15H,5-7,10-11,13-14H2,1-4H3,(H2,20,21,22);1H. The largest absolute Gasteiger partial charge is 0.468 e. The second-order valence-corrected chi connectivity index (χ2v) is 7.44. The molecular weight excluding hydrogens is 459 g/mol. The summed E-state index contributed by atoms with van der Waals surface area (Å²) in [5, 5.41) is 6.51. The second kappa shape index (κ2) is 11.5. The molecule has 0 aromatic carbocycles. The number of carbonyl (C=O) groups is 1. The van der Waals surface area contributed by atoms with E-state index in [9.17, 15) is 4.79 Å². The van der Waals surface area contributed by atoms with Crippen molar-refractivity contribution in [1.82, 2.24) is 15.5 Å². The minimum Gasteiger partial charge on any atom is -0.468 e. The SMILES string of the molecule is CCNC(=NCC(=O)OC(C)(C)C)NCC(c1ccco1)N1CCCC1.I. The lowest BCUT2D eigenvalue weighted by molar-refractivity contribution is -0.152. The van der Waals surface area contributed by atoms with Crippen LogP contribution in [0.2, 0.25) is 0 Å². The van der Waals surface area contributed by atoms with Gasteiger partial charge in [0.05, 0.1) is 12.3 Å². The molecule has 2 rings (SSSR count). The van der Waals surface area contributed by atoms with Crippen LogP contribution in [-0.4, -0.2) is 55.2 Å². The zero-order valence-corrected chi connectivity index (χ0v) is 19.1. The Bertz CT molecular complexity index is 578. The van der Waals surface area contributed by atoms with Gasteiger partial charge in [-0.05, 0) is 65.8 Å². The molecule has 0 spiro atoms. The molecule has 27 heavy (non-hydrogen) atoms. The summed E-state index contributed by atoms with van der Waals surface area (Å²) >= 11 is 0. The van der Waals surface area contributed by atoms with Gasteiger partial charge in [-0.2, -0.15) is 0 Å². The van der Waals surface area contributed by atoms with Crippen molar-refractivity contribution < 1.29 is 13.9 Å². The average molecular weight is 492 g/mol. The van der Waals surface area contributed by atoms with Crippen LogP contribution >= 0.6 is 24.0 Å². The molecule has 1 aliphatic heterocycles. The Morgan fingerprint density at radius 2 is 2.04 bits per heavy atom. The number of guanidine groups is 1. The molecule has 1 saturated heterocycles. The van der Waals surface area contributed by atoms with Crippen molar-refractivity contribution >= 4 is 35.9 Å². The van der Waals surface area contributed by atoms with Gasteiger partial charge in [0.2, 0.25) is 0 Å². The van der Waals surface area contributed by atoms with Gasteiger partial charge in [-0.25, -0.2) is 4.99 Å². The van der Waals surface area contributed by atoms with Crippen molar-refractivity contribution in [3.05, 3.63) is 24.2 Å². The Morgan fingerprint density at radius 1 is 1.33 bits per heavy atom. The molecular formula is C19H33IN4O3. The number of ether oxygens (including phenoxy) is 1. The lowest BCUT2D eigenvalue weighted by Gasteiger charge is -2.26. The van der Waals surface area contributed by atoms with E-state index in [0.29, 0.717) is 12.5 Å². The van der Waals surface area contributed by atoms with Gasteiger partial charge in [-0.15, -0.1) is 24.0 Å². The lowest BCUT2D eigenvalue weighted by Crippen LogP contribution is -2.43. The van der Waals surface area contributed by atoms with Crippen molar-refractivity contribution in [2.45, 2.75) is 52.2 Å². The molecule has 2 heterocycles. The Kier molecular flexibility index (Phi) is 10.1. The molecule has 1 aromatic rings. The Morgan fingerprint density at radius 3 is 2.59 bits per heavy atom. The maximum atomic E-state index is 11.9. The fraction of sp³-hybridized carbons (Fsp3) is 0.684. The number of carbonyl (C=O) groups excluding carboxylic acids is 1. The number of aliphatic imine (C=N–C) groups is 1. The van der Waals surface area contributed by atoms with E-state index in [1.807, 2.05) is 39.8 Å². The maximum absolute atomic E-state index is 11.9. The first-order valence-electron chi connectivity index (χ1n) is 9.40. The Labute approximate surface area is 179 Å². The third-order valence-corrected chi connectivity index (χ3v) is 4.05. The van der Waals surface area contributed by atoms with E-state index in [-0.39, 0.29) is 42.5 Å².